The van der Waals surface area contributed by atoms with Gasteiger partial charge in [0.2, 0.25) is 0 Å². The molecule has 1 spiro atoms. The minimum atomic E-state index is -0.376. The van der Waals surface area contributed by atoms with Gasteiger partial charge in [-0.1, -0.05) is 33.3 Å². The summed E-state index contributed by atoms with van der Waals surface area (Å²) in [5.74, 6) is 1.31. The summed E-state index contributed by atoms with van der Waals surface area (Å²) in [4.78, 5) is 0. The predicted molar refractivity (Wildman–Crippen MR) is 99.7 cm³/mol. The molecule has 4 aliphatic carbocycles. The molecule has 2 saturated heterocycles. The lowest BCUT2D eigenvalue weighted by Crippen LogP contribution is -2.56. The smallest absolute Gasteiger partial charge is 0.171 e. The Morgan fingerprint density at radius 2 is 1.77 bits per heavy atom. The van der Waals surface area contributed by atoms with E-state index < -0.39 is 0 Å². The normalized spacial score (nSPS) is 53.1. The van der Waals surface area contributed by atoms with Crippen molar-refractivity contribution in [3.63, 3.8) is 0 Å². The molecule has 5 atom stereocenters. The van der Waals surface area contributed by atoms with E-state index in [1.54, 1.807) is 5.57 Å². The van der Waals surface area contributed by atoms with Crippen LogP contribution in [0, 0.1) is 22.7 Å². The highest BCUT2D eigenvalue weighted by Gasteiger charge is 2.79. The van der Waals surface area contributed by atoms with Crippen LogP contribution in [0.25, 0.3) is 0 Å². The lowest BCUT2D eigenvalue weighted by molar-refractivity contribution is -0.313. The summed E-state index contributed by atoms with van der Waals surface area (Å²) in [6.45, 7) is 8.63. The first-order valence-corrected chi connectivity index (χ1v) is 11.0. The highest BCUT2D eigenvalue weighted by molar-refractivity contribution is 5.42. The van der Waals surface area contributed by atoms with Crippen molar-refractivity contribution in [2.45, 2.75) is 95.5 Å². The Morgan fingerprint density at radius 3 is 2.58 bits per heavy atom. The second kappa shape index (κ2) is 4.78. The summed E-state index contributed by atoms with van der Waals surface area (Å²) in [6, 6.07) is 0. The van der Waals surface area contributed by atoms with Gasteiger partial charge in [-0.05, 0) is 61.3 Å². The minimum absolute atomic E-state index is 0.0153. The number of epoxide rings is 1. The molecule has 3 heteroatoms. The molecule has 6 aliphatic rings. The Balaban J connectivity index is 1.29. The molecule has 3 saturated carbocycles. The zero-order valence-electron chi connectivity index (χ0n) is 16.7. The van der Waals surface area contributed by atoms with E-state index >= 15 is 0 Å². The number of allylic oxidation sites excluding steroid dienone is 1. The van der Waals surface area contributed by atoms with Gasteiger partial charge >= 0.3 is 0 Å². The van der Waals surface area contributed by atoms with Crippen LogP contribution in [0.3, 0.4) is 0 Å². The highest BCUT2D eigenvalue weighted by atomic mass is 16.7. The van der Waals surface area contributed by atoms with Gasteiger partial charge in [0.15, 0.2) is 5.79 Å². The fourth-order valence-corrected chi connectivity index (χ4v) is 7.57. The third-order valence-electron chi connectivity index (χ3n) is 9.09. The summed E-state index contributed by atoms with van der Waals surface area (Å²) in [7, 11) is 0. The third-order valence-corrected chi connectivity index (χ3v) is 9.09. The van der Waals surface area contributed by atoms with Crippen LogP contribution in [0.15, 0.2) is 11.6 Å². The first kappa shape index (κ1) is 16.6. The zero-order chi connectivity index (χ0) is 17.8. The molecule has 5 fully saturated rings. The summed E-state index contributed by atoms with van der Waals surface area (Å²) in [5, 5.41) is 0. The summed E-state index contributed by atoms with van der Waals surface area (Å²) in [5.41, 5.74) is 2.46. The number of hydrogen-bond acceptors (Lipinski definition) is 3. The number of ether oxygens (including phenoxy) is 3. The van der Waals surface area contributed by atoms with Gasteiger partial charge in [0.05, 0.1) is 13.2 Å². The van der Waals surface area contributed by atoms with Crippen LogP contribution >= 0.6 is 0 Å². The molecule has 3 nitrogen and oxygen atoms in total. The monoisotopic (exact) mass is 358 g/mol. The maximum Gasteiger partial charge on any atom is 0.171 e. The third kappa shape index (κ3) is 1.96. The summed E-state index contributed by atoms with van der Waals surface area (Å²) < 4.78 is 19.4. The quantitative estimate of drug-likeness (QED) is 0.451. The van der Waals surface area contributed by atoms with Crippen molar-refractivity contribution in [3.8, 4) is 0 Å². The van der Waals surface area contributed by atoms with Crippen LogP contribution in [-0.4, -0.2) is 30.2 Å². The van der Waals surface area contributed by atoms with Crippen LogP contribution in [0.4, 0.5) is 0 Å². The lowest BCUT2D eigenvalue weighted by atomic mass is 9.54. The number of rotatable bonds is 0. The molecule has 0 bridgehead atoms. The molecule has 0 aromatic rings. The van der Waals surface area contributed by atoms with Gasteiger partial charge in [-0.25, -0.2) is 0 Å². The summed E-state index contributed by atoms with van der Waals surface area (Å²) >= 11 is 0. The first-order chi connectivity index (χ1) is 12.3. The van der Waals surface area contributed by atoms with Crippen LogP contribution in [0.2, 0.25) is 0 Å². The van der Waals surface area contributed by atoms with Crippen molar-refractivity contribution in [1.82, 2.24) is 0 Å². The first-order valence-electron chi connectivity index (χ1n) is 11.0. The Kier molecular flexibility index (Phi) is 3.04. The molecule has 0 N–H and O–H groups in total. The van der Waals surface area contributed by atoms with Crippen LogP contribution in [0.1, 0.15) is 78.6 Å². The van der Waals surface area contributed by atoms with E-state index in [0.29, 0.717) is 5.41 Å². The van der Waals surface area contributed by atoms with Gasteiger partial charge in [0.25, 0.3) is 0 Å². The largest absolute Gasteiger partial charge is 0.358 e. The Labute approximate surface area is 157 Å². The van der Waals surface area contributed by atoms with Crippen LogP contribution < -0.4 is 0 Å². The van der Waals surface area contributed by atoms with E-state index in [4.69, 9.17) is 14.2 Å². The van der Waals surface area contributed by atoms with Gasteiger partial charge in [0.1, 0.15) is 11.2 Å². The molecule has 144 valence electrons. The predicted octanol–water partition coefficient (Wildman–Crippen LogP) is 4.99. The maximum atomic E-state index is 6.72. The zero-order valence-corrected chi connectivity index (χ0v) is 16.7. The van der Waals surface area contributed by atoms with Crippen molar-refractivity contribution in [1.29, 1.82) is 0 Å². The van der Waals surface area contributed by atoms with Gasteiger partial charge in [0, 0.05) is 18.3 Å². The lowest BCUT2D eigenvalue weighted by Gasteiger charge is -2.51. The van der Waals surface area contributed by atoms with E-state index in [1.807, 2.05) is 0 Å². The number of hydrogen-bond donors (Lipinski definition) is 0. The average molecular weight is 359 g/mol. The van der Waals surface area contributed by atoms with Gasteiger partial charge in [-0.3, -0.25) is 0 Å². The van der Waals surface area contributed by atoms with E-state index in [-0.39, 0.29) is 22.4 Å². The molecule has 2 unspecified atom stereocenters. The standard InChI is InChI=1S/C23H34O3/c1-19(2)14-24-22(25-15-19)11-12-23-18-7-9-20(3)8-4-5-17(20)16(18)6-10-21(23,13-22)26-23/h7,16-17H,4-6,8-15H2,1-3H3/t16?,17?,20-,21+,23+/m0/s1. The molecule has 0 aromatic heterocycles. The Bertz CT molecular complexity index is 671. The SMILES string of the molecule is CC1(C)COC2(CC[C@]34O[C@]3(CCC3C4=CC[C@]4(C)CCCC34)C2)OC1. The maximum absolute atomic E-state index is 6.72. The van der Waals surface area contributed by atoms with Crippen molar-refractivity contribution >= 4 is 0 Å². The van der Waals surface area contributed by atoms with E-state index in [1.165, 1.54) is 38.5 Å². The van der Waals surface area contributed by atoms with E-state index in [0.717, 1.165) is 44.3 Å². The molecule has 2 aliphatic heterocycles. The molecule has 0 amide bonds. The Hall–Kier alpha value is -0.380. The topological polar surface area (TPSA) is 31.0 Å². The number of fused-ring (bicyclic) bond motifs is 3. The molecule has 26 heavy (non-hydrogen) atoms. The molecule has 0 aromatic carbocycles. The minimum Gasteiger partial charge on any atom is -0.358 e. The van der Waals surface area contributed by atoms with Gasteiger partial charge < -0.3 is 14.2 Å². The molecular formula is C23H34O3. The summed E-state index contributed by atoms with van der Waals surface area (Å²) in [6.07, 6.45) is 13.8. The van der Waals surface area contributed by atoms with Crippen molar-refractivity contribution in [2.24, 2.45) is 22.7 Å². The van der Waals surface area contributed by atoms with Crippen molar-refractivity contribution in [2.75, 3.05) is 13.2 Å². The molecule has 2 heterocycles. The van der Waals surface area contributed by atoms with Gasteiger partial charge in [-0.15, -0.1) is 0 Å². The second-order valence-electron chi connectivity index (χ2n) is 11.4. The average Bonchev–Trinajstić information content (AvgIpc) is 3.13. The van der Waals surface area contributed by atoms with Crippen LogP contribution in [0.5, 0.6) is 0 Å². The second-order valence-corrected chi connectivity index (χ2v) is 11.4. The fraction of sp³-hybridized carbons (Fsp3) is 0.913. The van der Waals surface area contributed by atoms with E-state index in [2.05, 4.69) is 26.8 Å². The van der Waals surface area contributed by atoms with Gasteiger partial charge in [-0.2, -0.15) is 0 Å². The molecular weight excluding hydrogens is 324 g/mol. The highest BCUT2D eigenvalue weighted by Crippen LogP contribution is 2.73. The van der Waals surface area contributed by atoms with Crippen LogP contribution in [-0.2, 0) is 14.2 Å². The fourth-order valence-electron chi connectivity index (χ4n) is 7.57. The molecule has 0 radical (unpaired) electrons. The van der Waals surface area contributed by atoms with Crippen molar-refractivity contribution < 1.29 is 14.2 Å². The van der Waals surface area contributed by atoms with E-state index in [9.17, 15) is 0 Å². The molecule has 6 rings (SSSR count). The Morgan fingerprint density at radius 1 is 0.962 bits per heavy atom. The van der Waals surface area contributed by atoms with Crippen molar-refractivity contribution in [3.05, 3.63) is 11.6 Å².